The summed E-state index contributed by atoms with van der Waals surface area (Å²) < 4.78 is 7.61. The molecule has 0 spiro atoms. The maximum Gasteiger partial charge on any atom is 0.181 e. The first-order valence-corrected chi connectivity index (χ1v) is 24.1. The fourth-order valence-electron chi connectivity index (χ4n) is 11.1. The largest absolute Gasteiger partial charge is 0.309 e. The molecule has 0 N–H and O–H groups in total. The van der Waals surface area contributed by atoms with E-state index >= 15 is 0 Å². The molecule has 0 saturated heterocycles. The third-order valence-electron chi connectivity index (χ3n) is 13.6. The quantitative estimate of drug-likeness (QED) is 0.112. The molecule has 0 fully saturated rings. The topological polar surface area (TPSA) is 14.8 Å². The van der Waals surface area contributed by atoms with Crippen molar-refractivity contribution in [2.75, 3.05) is 0 Å². The summed E-state index contributed by atoms with van der Waals surface area (Å²) in [6.07, 6.45) is 0. The lowest BCUT2D eigenvalue weighted by Gasteiger charge is -2.35. The first-order chi connectivity index (χ1) is 31.8. The van der Waals surface area contributed by atoms with Crippen LogP contribution in [0.25, 0.3) is 82.5 Å². The van der Waals surface area contributed by atoms with Crippen LogP contribution in [-0.2, 0) is 0 Å². The molecule has 0 atom stereocenters. The van der Waals surface area contributed by atoms with Crippen molar-refractivity contribution in [3.05, 3.63) is 249 Å². The van der Waals surface area contributed by atoms with Crippen LogP contribution in [-0.4, -0.2) is 21.8 Å². The molecular formula is C60H41N3Si. The van der Waals surface area contributed by atoms with Crippen LogP contribution >= 0.6 is 0 Å². The van der Waals surface area contributed by atoms with Gasteiger partial charge in [0.25, 0.3) is 0 Å². The van der Waals surface area contributed by atoms with Gasteiger partial charge in [-0.25, -0.2) is 0 Å². The van der Waals surface area contributed by atoms with Crippen molar-refractivity contribution in [2.45, 2.75) is 0 Å². The number of rotatable bonds is 7. The zero-order valence-corrected chi connectivity index (χ0v) is 36.0. The van der Waals surface area contributed by atoms with E-state index in [1.54, 1.807) is 0 Å². The summed E-state index contributed by atoms with van der Waals surface area (Å²) in [7, 11) is -3.07. The molecule has 13 rings (SSSR count). The van der Waals surface area contributed by atoms with Gasteiger partial charge in [0.15, 0.2) is 8.07 Å². The molecule has 10 aromatic carbocycles. The number of fused-ring (bicyclic) bond motifs is 9. The maximum absolute atomic E-state index is 3.07. The van der Waals surface area contributed by atoms with Crippen LogP contribution in [0.1, 0.15) is 0 Å². The van der Waals surface area contributed by atoms with Gasteiger partial charge in [0.1, 0.15) is 0 Å². The van der Waals surface area contributed by atoms with Crippen LogP contribution in [0.3, 0.4) is 0 Å². The van der Waals surface area contributed by atoms with Crippen molar-refractivity contribution >= 4 is 94.2 Å². The predicted octanol–water partition coefficient (Wildman–Crippen LogP) is 12.4. The first kappa shape index (κ1) is 36.5. The van der Waals surface area contributed by atoms with E-state index in [0.717, 1.165) is 22.6 Å². The van der Waals surface area contributed by atoms with E-state index in [-0.39, 0.29) is 0 Å². The Bertz CT molecular complexity index is 3730. The summed E-state index contributed by atoms with van der Waals surface area (Å²) in [4.78, 5) is 0. The Balaban J connectivity index is 1.28. The van der Waals surface area contributed by atoms with Crippen molar-refractivity contribution in [1.82, 2.24) is 13.7 Å². The lowest BCUT2D eigenvalue weighted by molar-refractivity contribution is 1.13. The average Bonchev–Trinajstić information content (AvgIpc) is 4.02. The van der Waals surface area contributed by atoms with Crippen LogP contribution in [0.4, 0.5) is 0 Å². The van der Waals surface area contributed by atoms with Crippen LogP contribution in [0.5, 0.6) is 0 Å². The Kier molecular flexibility index (Phi) is 8.23. The van der Waals surface area contributed by atoms with E-state index in [1.165, 1.54) is 80.6 Å². The van der Waals surface area contributed by atoms with Crippen molar-refractivity contribution < 1.29 is 0 Å². The predicted molar refractivity (Wildman–Crippen MR) is 273 cm³/mol. The molecule has 13 aromatic rings. The summed E-state index contributed by atoms with van der Waals surface area (Å²) >= 11 is 0. The Morgan fingerprint density at radius 1 is 0.250 bits per heavy atom. The molecule has 3 aromatic heterocycles. The fourth-order valence-corrected chi connectivity index (χ4v) is 16.0. The smallest absolute Gasteiger partial charge is 0.181 e. The van der Waals surface area contributed by atoms with Gasteiger partial charge in [-0.3, -0.25) is 0 Å². The standard InChI is InChI=1S/C60H41N3Si/c1-5-22-42(23-6-1)61-51-35-16-15-32-48(51)49-33-19-40-56(59(49)61)63-55-39-21-38-54(62-52-36-17-13-30-46(52)47-31-14-18-37-53(47)62)58(55)50-34-20-41-57(60(50)63)64(43-24-7-2-8-25-43,44-26-9-3-10-27-44)45-28-11-4-12-29-45/h1-41H. The molecule has 64 heavy (non-hydrogen) atoms. The molecule has 0 amide bonds. The number of nitrogens with zero attached hydrogens (tertiary/aromatic N) is 3. The molecule has 0 radical (unpaired) electrons. The van der Waals surface area contributed by atoms with Crippen molar-refractivity contribution in [1.29, 1.82) is 0 Å². The highest BCUT2D eigenvalue weighted by atomic mass is 28.3. The third kappa shape index (κ3) is 5.15. The molecule has 0 aliphatic heterocycles. The highest BCUT2D eigenvalue weighted by Gasteiger charge is 2.43. The molecule has 300 valence electrons. The van der Waals surface area contributed by atoms with Gasteiger partial charge < -0.3 is 13.7 Å². The molecule has 4 heteroatoms. The number of aromatic nitrogens is 3. The van der Waals surface area contributed by atoms with Gasteiger partial charge in [0.2, 0.25) is 0 Å². The first-order valence-electron chi connectivity index (χ1n) is 22.1. The second kappa shape index (κ2) is 14.5. The zero-order valence-electron chi connectivity index (χ0n) is 35.0. The summed E-state index contributed by atoms with van der Waals surface area (Å²) in [5, 5.41) is 12.8. The van der Waals surface area contributed by atoms with Crippen molar-refractivity contribution in [2.24, 2.45) is 0 Å². The summed E-state index contributed by atoms with van der Waals surface area (Å²) in [6, 6.07) is 92.5. The van der Waals surface area contributed by atoms with E-state index in [0.29, 0.717) is 0 Å². The Morgan fingerprint density at radius 2 is 0.656 bits per heavy atom. The minimum absolute atomic E-state index is 1.13. The lowest BCUT2D eigenvalue weighted by Crippen LogP contribution is -2.75. The molecule has 0 aliphatic rings. The van der Waals surface area contributed by atoms with Gasteiger partial charge in [0, 0.05) is 38.0 Å². The van der Waals surface area contributed by atoms with Gasteiger partial charge in [0.05, 0.1) is 44.5 Å². The highest BCUT2D eigenvalue weighted by molar-refractivity contribution is 7.20. The normalized spacial score (nSPS) is 12.1. The van der Waals surface area contributed by atoms with Crippen molar-refractivity contribution in [3.8, 4) is 17.1 Å². The molecule has 3 heterocycles. The van der Waals surface area contributed by atoms with E-state index in [2.05, 4.69) is 262 Å². The second-order valence-corrected chi connectivity index (χ2v) is 20.6. The fraction of sp³-hybridized carbons (Fsp3) is 0. The number of para-hydroxylation sites is 6. The van der Waals surface area contributed by atoms with Crippen LogP contribution in [0.2, 0.25) is 0 Å². The molecular weight excluding hydrogens is 791 g/mol. The van der Waals surface area contributed by atoms with Crippen molar-refractivity contribution in [3.63, 3.8) is 0 Å². The Hall–Kier alpha value is -8.18. The summed E-state index contributed by atoms with van der Waals surface area (Å²) in [6.45, 7) is 0. The third-order valence-corrected chi connectivity index (χ3v) is 18.4. The Morgan fingerprint density at radius 3 is 1.23 bits per heavy atom. The molecule has 0 bridgehead atoms. The van der Waals surface area contributed by atoms with E-state index in [9.17, 15) is 0 Å². The molecule has 0 unspecified atom stereocenters. The second-order valence-electron chi connectivity index (χ2n) is 16.8. The van der Waals surface area contributed by atoms with E-state index < -0.39 is 8.07 Å². The average molecular weight is 832 g/mol. The lowest BCUT2D eigenvalue weighted by atomic mass is 10.1. The SMILES string of the molecule is c1ccc(-n2c3ccccc3c3cccc(-n4c5cccc(-n6c7ccccc7c7ccccc76)c5c5cccc([Si](c6ccccc6)(c6ccccc6)c6ccccc6)c54)c32)cc1. The molecule has 0 saturated carbocycles. The maximum atomic E-state index is 2.63. The Labute approximate surface area is 372 Å². The molecule has 0 aliphatic carbocycles. The van der Waals surface area contributed by atoms with E-state index in [1.807, 2.05) is 0 Å². The highest BCUT2D eigenvalue weighted by Crippen LogP contribution is 2.43. The number of hydrogen-bond acceptors (Lipinski definition) is 0. The monoisotopic (exact) mass is 831 g/mol. The minimum atomic E-state index is -3.07. The van der Waals surface area contributed by atoms with Crippen LogP contribution < -0.4 is 20.7 Å². The van der Waals surface area contributed by atoms with Gasteiger partial charge in [-0.15, -0.1) is 0 Å². The van der Waals surface area contributed by atoms with Crippen LogP contribution in [0.15, 0.2) is 249 Å². The van der Waals surface area contributed by atoms with Gasteiger partial charge in [-0.05, 0) is 69.3 Å². The number of hydrogen-bond donors (Lipinski definition) is 0. The number of benzene rings is 10. The molecule has 3 nitrogen and oxygen atoms in total. The van der Waals surface area contributed by atoms with Gasteiger partial charge in [-0.1, -0.05) is 200 Å². The summed E-state index contributed by atoms with van der Waals surface area (Å²) in [5.41, 5.74) is 10.6. The van der Waals surface area contributed by atoms with E-state index in [4.69, 9.17) is 0 Å². The van der Waals surface area contributed by atoms with Gasteiger partial charge >= 0.3 is 0 Å². The zero-order chi connectivity index (χ0) is 42.2. The minimum Gasteiger partial charge on any atom is -0.309 e. The van der Waals surface area contributed by atoms with Crippen LogP contribution in [0, 0.1) is 0 Å². The summed E-state index contributed by atoms with van der Waals surface area (Å²) in [5.74, 6) is 0. The van der Waals surface area contributed by atoms with Gasteiger partial charge in [-0.2, -0.15) is 0 Å².